The molecule has 0 unspecified atom stereocenters. The van der Waals surface area contributed by atoms with Crippen molar-refractivity contribution < 1.29 is 14.3 Å². The lowest BCUT2D eigenvalue weighted by Gasteiger charge is -2.28. The number of hydrogen-bond donors (Lipinski definition) is 0. The number of carbonyl (C=O) groups excluding carboxylic acids is 1. The van der Waals surface area contributed by atoms with Gasteiger partial charge in [-0.2, -0.15) is 0 Å². The molecule has 4 heteroatoms. The topological polar surface area (TPSA) is 38.8 Å². The van der Waals surface area contributed by atoms with E-state index in [0.717, 1.165) is 43.5 Å². The van der Waals surface area contributed by atoms with Crippen LogP contribution in [0, 0.1) is 0 Å². The molecule has 150 valence electrons. The van der Waals surface area contributed by atoms with Crippen LogP contribution in [0.3, 0.4) is 0 Å². The third-order valence-electron chi connectivity index (χ3n) is 5.43. The maximum Gasteiger partial charge on any atom is 0.310 e. The summed E-state index contributed by atoms with van der Waals surface area (Å²) in [5.74, 6) is 1.23. The molecule has 0 amide bonds. The van der Waals surface area contributed by atoms with Crippen LogP contribution in [-0.2, 0) is 22.5 Å². The first-order chi connectivity index (χ1) is 13.5. The molecule has 28 heavy (non-hydrogen) atoms. The standard InChI is InChI=1S/C24H31NO3/c1-25(2)17-19-4-8-20(9-5-19)21-10-14-23(15-11-21)28-24(26)16-18-6-12-22(27-3)13-7-18/h4-9,12-13,21,23H,10-11,14-17H2,1-3H3/t21-,23-. The minimum atomic E-state index is -0.137. The second-order valence-electron chi connectivity index (χ2n) is 7.97. The fourth-order valence-electron chi connectivity index (χ4n) is 3.91. The molecule has 4 nitrogen and oxygen atoms in total. The van der Waals surface area contributed by atoms with Crippen LogP contribution in [0.4, 0.5) is 0 Å². The van der Waals surface area contributed by atoms with Gasteiger partial charge in [-0.15, -0.1) is 0 Å². The van der Waals surface area contributed by atoms with Crippen molar-refractivity contribution in [2.24, 2.45) is 0 Å². The second-order valence-corrected chi connectivity index (χ2v) is 7.97. The van der Waals surface area contributed by atoms with Crippen molar-refractivity contribution in [1.82, 2.24) is 4.90 Å². The van der Waals surface area contributed by atoms with Gasteiger partial charge in [0.05, 0.1) is 13.5 Å². The van der Waals surface area contributed by atoms with Crippen molar-refractivity contribution in [1.29, 1.82) is 0 Å². The molecule has 1 aliphatic carbocycles. The number of nitrogens with zero attached hydrogens (tertiary/aromatic N) is 1. The molecule has 3 rings (SSSR count). The maximum atomic E-state index is 12.3. The Bertz CT molecular complexity index is 744. The Morgan fingerprint density at radius 1 is 0.929 bits per heavy atom. The Labute approximate surface area is 168 Å². The minimum absolute atomic E-state index is 0.0509. The highest BCUT2D eigenvalue weighted by atomic mass is 16.5. The van der Waals surface area contributed by atoms with Crippen LogP contribution in [0.15, 0.2) is 48.5 Å². The summed E-state index contributed by atoms with van der Waals surface area (Å²) in [4.78, 5) is 14.4. The molecule has 0 spiro atoms. The fourth-order valence-corrected chi connectivity index (χ4v) is 3.91. The smallest absolute Gasteiger partial charge is 0.310 e. The summed E-state index contributed by atoms with van der Waals surface area (Å²) < 4.78 is 10.9. The average molecular weight is 382 g/mol. The normalized spacial score (nSPS) is 19.4. The molecular weight excluding hydrogens is 350 g/mol. The van der Waals surface area contributed by atoms with Crippen LogP contribution in [-0.4, -0.2) is 38.2 Å². The SMILES string of the molecule is COc1ccc(CC(=O)O[C@H]2CC[C@H](c3ccc(CN(C)C)cc3)CC2)cc1. The van der Waals surface area contributed by atoms with Gasteiger partial charge in [0.15, 0.2) is 0 Å². The number of hydrogen-bond acceptors (Lipinski definition) is 4. The lowest BCUT2D eigenvalue weighted by atomic mass is 9.82. The molecule has 1 fully saturated rings. The molecular formula is C24H31NO3. The first kappa shape index (κ1) is 20.4. The van der Waals surface area contributed by atoms with E-state index in [0.29, 0.717) is 12.3 Å². The van der Waals surface area contributed by atoms with E-state index in [9.17, 15) is 4.79 Å². The molecule has 0 heterocycles. The fraction of sp³-hybridized carbons (Fsp3) is 0.458. The van der Waals surface area contributed by atoms with Crippen LogP contribution in [0.2, 0.25) is 0 Å². The lowest BCUT2D eigenvalue weighted by Crippen LogP contribution is -2.24. The highest BCUT2D eigenvalue weighted by Crippen LogP contribution is 2.34. The van der Waals surface area contributed by atoms with E-state index in [1.807, 2.05) is 24.3 Å². The minimum Gasteiger partial charge on any atom is -0.497 e. The van der Waals surface area contributed by atoms with Crippen molar-refractivity contribution in [3.8, 4) is 5.75 Å². The molecule has 0 radical (unpaired) electrons. The van der Waals surface area contributed by atoms with Crippen LogP contribution in [0.25, 0.3) is 0 Å². The number of carbonyl (C=O) groups is 1. The van der Waals surface area contributed by atoms with Crippen molar-refractivity contribution in [3.05, 3.63) is 65.2 Å². The summed E-state index contributed by atoms with van der Waals surface area (Å²) >= 11 is 0. The predicted molar refractivity (Wildman–Crippen MR) is 112 cm³/mol. The summed E-state index contributed by atoms with van der Waals surface area (Å²) in [6, 6.07) is 16.6. The van der Waals surface area contributed by atoms with Gasteiger partial charge in [0.25, 0.3) is 0 Å². The van der Waals surface area contributed by atoms with Gasteiger partial charge in [0, 0.05) is 6.54 Å². The highest BCUT2D eigenvalue weighted by molar-refractivity contribution is 5.72. The molecule has 1 saturated carbocycles. The van der Waals surface area contributed by atoms with Gasteiger partial charge >= 0.3 is 5.97 Å². The first-order valence-corrected chi connectivity index (χ1v) is 10.1. The van der Waals surface area contributed by atoms with Crippen molar-refractivity contribution in [3.63, 3.8) is 0 Å². The Morgan fingerprint density at radius 3 is 2.11 bits per heavy atom. The molecule has 0 saturated heterocycles. The number of benzene rings is 2. The summed E-state index contributed by atoms with van der Waals surface area (Å²) in [5, 5.41) is 0. The van der Waals surface area contributed by atoms with E-state index in [4.69, 9.17) is 9.47 Å². The van der Waals surface area contributed by atoms with E-state index in [1.54, 1.807) is 7.11 Å². The van der Waals surface area contributed by atoms with Crippen LogP contribution >= 0.6 is 0 Å². The molecule has 0 aliphatic heterocycles. The third kappa shape index (κ3) is 5.83. The molecule has 2 aromatic rings. The number of esters is 1. The van der Waals surface area contributed by atoms with Crippen molar-refractivity contribution in [2.75, 3.05) is 21.2 Å². The molecule has 2 aromatic carbocycles. The molecule has 0 bridgehead atoms. The van der Waals surface area contributed by atoms with Crippen molar-refractivity contribution >= 4 is 5.97 Å². The van der Waals surface area contributed by atoms with Gasteiger partial charge in [0.2, 0.25) is 0 Å². The Morgan fingerprint density at radius 2 is 1.54 bits per heavy atom. The van der Waals surface area contributed by atoms with Crippen molar-refractivity contribution in [2.45, 2.75) is 50.7 Å². The second kappa shape index (κ2) is 9.74. The molecule has 0 N–H and O–H groups in total. The van der Waals surface area contributed by atoms with E-state index < -0.39 is 0 Å². The maximum absolute atomic E-state index is 12.3. The summed E-state index contributed by atoms with van der Waals surface area (Å²) in [7, 11) is 5.81. The van der Waals surface area contributed by atoms with Gasteiger partial charge in [-0.1, -0.05) is 36.4 Å². The third-order valence-corrected chi connectivity index (χ3v) is 5.43. The van der Waals surface area contributed by atoms with Gasteiger partial charge in [0.1, 0.15) is 11.9 Å². The van der Waals surface area contributed by atoms with E-state index in [2.05, 4.69) is 43.3 Å². The van der Waals surface area contributed by atoms with E-state index in [-0.39, 0.29) is 12.1 Å². The zero-order valence-corrected chi connectivity index (χ0v) is 17.2. The number of rotatable bonds is 7. The zero-order valence-electron chi connectivity index (χ0n) is 17.2. The van der Waals surface area contributed by atoms with E-state index in [1.165, 1.54) is 11.1 Å². The summed E-state index contributed by atoms with van der Waals surface area (Å²) in [6.07, 6.45) is 4.41. The van der Waals surface area contributed by atoms with Crippen LogP contribution in [0.1, 0.15) is 48.3 Å². The summed E-state index contributed by atoms with van der Waals surface area (Å²) in [6.45, 7) is 0.969. The monoisotopic (exact) mass is 381 g/mol. The lowest BCUT2D eigenvalue weighted by molar-refractivity contribution is -0.149. The van der Waals surface area contributed by atoms with Gasteiger partial charge in [-0.25, -0.2) is 0 Å². The Kier molecular flexibility index (Phi) is 7.10. The molecule has 1 aliphatic rings. The van der Waals surface area contributed by atoms with E-state index >= 15 is 0 Å². The number of ether oxygens (including phenoxy) is 2. The quantitative estimate of drug-likeness (QED) is 0.659. The van der Waals surface area contributed by atoms with Crippen LogP contribution < -0.4 is 4.74 Å². The predicted octanol–water partition coefficient (Wildman–Crippen LogP) is 4.57. The zero-order chi connectivity index (χ0) is 19.9. The molecule has 0 atom stereocenters. The molecule has 0 aromatic heterocycles. The highest BCUT2D eigenvalue weighted by Gasteiger charge is 2.25. The number of methoxy groups -OCH3 is 1. The van der Waals surface area contributed by atoms with Crippen LogP contribution in [0.5, 0.6) is 5.75 Å². The first-order valence-electron chi connectivity index (χ1n) is 10.1. The van der Waals surface area contributed by atoms with Gasteiger partial charge in [-0.05, 0) is 74.5 Å². The summed E-state index contributed by atoms with van der Waals surface area (Å²) in [5.41, 5.74) is 3.71. The Hall–Kier alpha value is -2.33. The Balaban J connectivity index is 1.45. The average Bonchev–Trinajstić information content (AvgIpc) is 2.69. The van der Waals surface area contributed by atoms with Gasteiger partial charge < -0.3 is 14.4 Å². The van der Waals surface area contributed by atoms with Gasteiger partial charge in [-0.3, -0.25) is 4.79 Å². The largest absolute Gasteiger partial charge is 0.497 e.